The van der Waals surface area contributed by atoms with E-state index in [-0.39, 0.29) is 5.56 Å². The second-order valence-corrected chi connectivity index (χ2v) is 6.84. The molecule has 1 aromatic carbocycles. The Morgan fingerprint density at radius 1 is 1.25 bits per heavy atom. The van der Waals surface area contributed by atoms with Crippen molar-refractivity contribution in [3.05, 3.63) is 67.7 Å². The van der Waals surface area contributed by atoms with Crippen molar-refractivity contribution in [2.75, 3.05) is 14.1 Å². The van der Waals surface area contributed by atoms with Gasteiger partial charge in [0.15, 0.2) is 5.65 Å². The minimum Gasteiger partial charge on any atom is -0.305 e. The summed E-state index contributed by atoms with van der Waals surface area (Å²) in [6.07, 6.45) is 0.516. The lowest BCUT2D eigenvalue weighted by Crippen LogP contribution is -2.22. The molecule has 0 atom stereocenters. The van der Waals surface area contributed by atoms with Crippen molar-refractivity contribution in [3.63, 3.8) is 0 Å². The van der Waals surface area contributed by atoms with Gasteiger partial charge < -0.3 is 4.90 Å². The van der Waals surface area contributed by atoms with E-state index in [9.17, 15) is 4.79 Å². The van der Waals surface area contributed by atoms with E-state index in [0.717, 1.165) is 29.1 Å². The molecule has 0 amide bonds. The summed E-state index contributed by atoms with van der Waals surface area (Å²) in [4.78, 5) is 19.7. The molecule has 126 valence electrons. The third-order valence-electron chi connectivity index (χ3n) is 4.13. The number of H-pyrrole nitrogens is 1. The molecule has 0 bridgehead atoms. The smallest absolute Gasteiger partial charge is 0.276 e. The third-order valence-corrected chi connectivity index (χ3v) is 4.36. The van der Waals surface area contributed by atoms with Crippen LogP contribution in [0.25, 0.3) is 5.65 Å². The molecule has 2 aromatic heterocycles. The summed E-state index contributed by atoms with van der Waals surface area (Å²) in [5, 5.41) is 3.82. The van der Waals surface area contributed by atoms with Crippen LogP contribution in [0.2, 0.25) is 5.02 Å². The molecular weight excluding hydrogens is 324 g/mol. The highest BCUT2D eigenvalue weighted by molar-refractivity contribution is 6.30. The first-order chi connectivity index (χ1) is 11.4. The molecule has 0 saturated carbocycles. The summed E-state index contributed by atoms with van der Waals surface area (Å²) in [6.45, 7) is 4.60. The molecule has 0 aliphatic rings. The molecule has 0 aliphatic heterocycles. The lowest BCUT2D eigenvalue weighted by molar-refractivity contribution is 0.402. The summed E-state index contributed by atoms with van der Waals surface area (Å²) in [5.74, 6) is 0. The van der Waals surface area contributed by atoms with Crippen LogP contribution in [0.1, 0.15) is 28.1 Å². The summed E-state index contributed by atoms with van der Waals surface area (Å²) >= 11 is 6.05. The van der Waals surface area contributed by atoms with Crippen molar-refractivity contribution >= 4 is 17.2 Å². The standard InChI is InChI=1S/C18H21ClN4O/c1-11-15(9-13-6-5-7-14(19)8-13)18(24)23-17(20-11)16(10-22(3)4)12(2)21-23/h5-8,21H,9-10H2,1-4H3. The van der Waals surface area contributed by atoms with Crippen LogP contribution in [-0.4, -0.2) is 33.6 Å². The van der Waals surface area contributed by atoms with Gasteiger partial charge in [-0.3, -0.25) is 9.89 Å². The molecule has 0 radical (unpaired) electrons. The molecule has 0 saturated heterocycles. The first kappa shape index (κ1) is 16.7. The molecule has 6 heteroatoms. The zero-order chi connectivity index (χ0) is 17.4. The predicted molar refractivity (Wildman–Crippen MR) is 96.9 cm³/mol. The molecule has 0 aliphatic carbocycles. The average Bonchev–Trinajstić information content (AvgIpc) is 2.80. The summed E-state index contributed by atoms with van der Waals surface area (Å²) in [7, 11) is 4.00. The Labute approximate surface area is 145 Å². The van der Waals surface area contributed by atoms with E-state index in [4.69, 9.17) is 16.6 Å². The van der Waals surface area contributed by atoms with Crippen LogP contribution in [0.5, 0.6) is 0 Å². The highest BCUT2D eigenvalue weighted by Gasteiger charge is 2.17. The lowest BCUT2D eigenvalue weighted by atomic mass is 10.1. The number of aromatic nitrogens is 3. The fourth-order valence-electron chi connectivity index (χ4n) is 2.93. The Morgan fingerprint density at radius 3 is 2.67 bits per heavy atom. The van der Waals surface area contributed by atoms with Crippen LogP contribution in [0.15, 0.2) is 29.1 Å². The van der Waals surface area contributed by atoms with Gasteiger partial charge in [-0.15, -0.1) is 0 Å². The highest BCUT2D eigenvalue weighted by atomic mass is 35.5. The van der Waals surface area contributed by atoms with Gasteiger partial charge in [-0.1, -0.05) is 23.7 Å². The molecule has 0 unspecified atom stereocenters. The SMILES string of the molecule is Cc1nc2c(CN(C)C)c(C)[nH]n2c(=O)c1Cc1cccc(Cl)c1. The van der Waals surface area contributed by atoms with Crippen molar-refractivity contribution in [3.8, 4) is 0 Å². The maximum absolute atomic E-state index is 12.9. The maximum Gasteiger partial charge on any atom is 0.276 e. The first-order valence-electron chi connectivity index (χ1n) is 7.85. The topological polar surface area (TPSA) is 53.4 Å². The quantitative estimate of drug-likeness (QED) is 0.791. The second kappa shape index (κ2) is 6.42. The number of hydrogen-bond acceptors (Lipinski definition) is 3. The van der Waals surface area contributed by atoms with Crippen LogP contribution in [0.3, 0.4) is 0 Å². The van der Waals surface area contributed by atoms with Gasteiger partial charge in [0, 0.05) is 40.5 Å². The number of aromatic amines is 1. The zero-order valence-electron chi connectivity index (χ0n) is 14.4. The number of halogens is 1. The number of nitrogens with zero attached hydrogens (tertiary/aromatic N) is 3. The van der Waals surface area contributed by atoms with Crippen molar-refractivity contribution in [1.82, 2.24) is 19.5 Å². The number of benzene rings is 1. The summed E-state index contributed by atoms with van der Waals surface area (Å²) in [5.41, 5.74) is 5.12. The third kappa shape index (κ3) is 3.09. The molecular formula is C18H21ClN4O. The van der Waals surface area contributed by atoms with Gasteiger partial charge in [-0.25, -0.2) is 9.50 Å². The van der Waals surface area contributed by atoms with Crippen LogP contribution < -0.4 is 5.56 Å². The number of rotatable bonds is 4. The number of aryl methyl sites for hydroxylation is 2. The highest BCUT2D eigenvalue weighted by Crippen LogP contribution is 2.18. The van der Waals surface area contributed by atoms with E-state index in [1.807, 2.05) is 52.2 Å². The van der Waals surface area contributed by atoms with Gasteiger partial charge in [-0.2, -0.15) is 0 Å². The van der Waals surface area contributed by atoms with E-state index in [1.165, 1.54) is 0 Å². The normalized spacial score (nSPS) is 11.6. The van der Waals surface area contributed by atoms with Gasteiger partial charge in [0.2, 0.25) is 0 Å². The fourth-order valence-corrected chi connectivity index (χ4v) is 3.14. The monoisotopic (exact) mass is 344 g/mol. The Balaban J connectivity index is 2.12. The van der Waals surface area contributed by atoms with Crippen LogP contribution >= 0.6 is 11.6 Å². The predicted octanol–water partition coefficient (Wildman–Crippen LogP) is 2.95. The minimum absolute atomic E-state index is 0.0504. The Hall–Kier alpha value is -2.11. The zero-order valence-corrected chi connectivity index (χ0v) is 15.1. The average molecular weight is 345 g/mol. The van der Waals surface area contributed by atoms with Crippen molar-refractivity contribution in [2.24, 2.45) is 0 Å². The van der Waals surface area contributed by atoms with E-state index >= 15 is 0 Å². The first-order valence-corrected chi connectivity index (χ1v) is 8.23. The number of fused-ring (bicyclic) bond motifs is 1. The van der Waals surface area contributed by atoms with E-state index in [1.54, 1.807) is 4.52 Å². The molecule has 0 fully saturated rings. The van der Waals surface area contributed by atoms with E-state index in [0.29, 0.717) is 22.7 Å². The van der Waals surface area contributed by atoms with E-state index in [2.05, 4.69) is 10.00 Å². The second-order valence-electron chi connectivity index (χ2n) is 6.40. The number of nitrogens with one attached hydrogen (secondary N) is 1. The van der Waals surface area contributed by atoms with Gasteiger partial charge in [0.1, 0.15) is 0 Å². The van der Waals surface area contributed by atoms with Gasteiger partial charge in [0.05, 0.1) is 0 Å². The molecule has 0 spiro atoms. The molecule has 2 heterocycles. The summed E-state index contributed by atoms with van der Waals surface area (Å²) in [6, 6.07) is 7.57. The van der Waals surface area contributed by atoms with E-state index < -0.39 is 0 Å². The summed E-state index contributed by atoms with van der Waals surface area (Å²) < 4.78 is 1.56. The minimum atomic E-state index is -0.0504. The molecule has 24 heavy (non-hydrogen) atoms. The van der Waals surface area contributed by atoms with Crippen LogP contribution in [0.4, 0.5) is 0 Å². The maximum atomic E-state index is 12.9. The van der Waals surface area contributed by atoms with Crippen molar-refractivity contribution < 1.29 is 0 Å². The van der Waals surface area contributed by atoms with Crippen molar-refractivity contribution in [1.29, 1.82) is 0 Å². The number of hydrogen-bond donors (Lipinski definition) is 1. The molecule has 1 N–H and O–H groups in total. The Bertz CT molecular complexity index is 956. The van der Waals surface area contributed by atoms with Crippen LogP contribution in [0, 0.1) is 13.8 Å². The van der Waals surface area contributed by atoms with Crippen molar-refractivity contribution in [2.45, 2.75) is 26.8 Å². The lowest BCUT2D eigenvalue weighted by Gasteiger charge is -2.10. The van der Waals surface area contributed by atoms with Gasteiger partial charge >= 0.3 is 0 Å². The van der Waals surface area contributed by atoms with Gasteiger partial charge in [-0.05, 0) is 45.6 Å². The Kier molecular flexibility index (Phi) is 4.47. The molecule has 3 rings (SSSR count). The largest absolute Gasteiger partial charge is 0.305 e. The van der Waals surface area contributed by atoms with Gasteiger partial charge in [0.25, 0.3) is 5.56 Å². The fraction of sp³-hybridized carbons (Fsp3) is 0.333. The van der Waals surface area contributed by atoms with Crippen LogP contribution in [-0.2, 0) is 13.0 Å². The Morgan fingerprint density at radius 2 is 2.00 bits per heavy atom. The molecule has 3 aromatic rings. The molecule has 5 nitrogen and oxygen atoms in total.